The van der Waals surface area contributed by atoms with Crippen LogP contribution in [-0.4, -0.2) is 63.1 Å². The largest absolute Gasteiger partial charge is 0.496 e. The van der Waals surface area contributed by atoms with Gasteiger partial charge in [-0.25, -0.2) is 12.7 Å². The number of rotatable bonds is 5. The second-order valence-corrected chi connectivity index (χ2v) is 8.79. The quantitative estimate of drug-likeness (QED) is 0.796. The molecule has 0 N–H and O–H groups in total. The molecule has 1 aromatic rings. The molecule has 6 nitrogen and oxygen atoms in total. The number of methoxy groups -OCH3 is 1. The van der Waals surface area contributed by atoms with Crippen LogP contribution in [0.4, 0.5) is 0 Å². The summed E-state index contributed by atoms with van der Waals surface area (Å²) >= 11 is 0. The van der Waals surface area contributed by atoms with Gasteiger partial charge in [0.25, 0.3) is 0 Å². The summed E-state index contributed by atoms with van der Waals surface area (Å²) in [4.78, 5) is 14.4. The van der Waals surface area contributed by atoms with Crippen molar-refractivity contribution in [1.82, 2.24) is 9.21 Å². The van der Waals surface area contributed by atoms with Gasteiger partial charge < -0.3 is 9.64 Å². The SMILES string of the molecule is COc1ccc(CC(=O)N2CCCN(S(C)(=O)=O)CC2)cc1C(C)C. The third kappa shape index (κ3) is 5.19. The Morgan fingerprint density at radius 1 is 1.20 bits per heavy atom. The zero-order chi connectivity index (χ0) is 18.6. The zero-order valence-electron chi connectivity index (χ0n) is 15.5. The fourth-order valence-corrected chi connectivity index (χ4v) is 3.98. The smallest absolute Gasteiger partial charge is 0.227 e. The first kappa shape index (κ1) is 19.7. The van der Waals surface area contributed by atoms with Gasteiger partial charge in [0.05, 0.1) is 19.8 Å². The second kappa shape index (κ2) is 8.19. The number of ether oxygens (including phenoxy) is 1. The Balaban J connectivity index is 2.06. The van der Waals surface area contributed by atoms with E-state index in [1.807, 2.05) is 18.2 Å². The zero-order valence-corrected chi connectivity index (χ0v) is 16.3. The first-order valence-electron chi connectivity index (χ1n) is 8.62. The van der Waals surface area contributed by atoms with Crippen molar-refractivity contribution in [3.8, 4) is 5.75 Å². The molecule has 0 spiro atoms. The number of carbonyl (C=O) groups is 1. The van der Waals surface area contributed by atoms with Crippen LogP contribution in [0.3, 0.4) is 0 Å². The molecule has 0 unspecified atom stereocenters. The highest BCUT2D eigenvalue weighted by Crippen LogP contribution is 2.27. The van der Waals surface area contributed by atoms with Gasteiger partial charge in [0.1, 0.15) is 5.75 Å². The van der Waals surface area contributed by atoms with Crippen molar-refractivity contribution in [3.63, 3.8) is 0 Å². The van der Waals surface area contributed by atoms with Crippen LogP contribution in [0.1, 0.15) is 37.3 Å². The lowest BCUT2D eigenvalue weighted by Gasteiger charge is -2.21. The maximum Gasteiger partial charge on any atom is 0.227 e. The van der Waals surface area contributed by atoms with Crippen LogP contribution >= 0.6 is 0 Å². The molecular formula is C18H28N2O4S. The van der Waals surface area contributed by atoms with Gasteiger partial charge in [-0.3, -0.25) is 4.79 Å². The van der Waals surface area contributed by atoms with Crippen LogP contribution in [0.2, 0.25) is 0 Å². The van der Waals surface area contributed by atoms with Crippen molar-refractivity contribution < 1.29 is 17.9 Å². The highest BCUT2D eigenvalue weighted by Gasteiger charge is 2.24. The summed E-state index contributed by atoms with van der Waals surface area (Å²) in [5.41, 5.74) is 2.05. The first-order chi connectivity index (χ1) is 11.7. The van der Waals surface area contributed by atoms with E-state index in [4.69, 9.17) is 4.74 Å². The Bertz CT molecular complexity index is 716. The average Bonchev–Trinajstić information content (AvgIpc) is 2.80. The molecule has 1 amide bonds. The normalized spacial score (nSPS) is 16.8. The van der Waals surface area contributed by atoms with E-state index in [2.05, 4.69) is 13.8 Å². The molecule has 140 valence electrons. The Labute approximate surface area is 150 Å². The fraction of sp³-hybridized carbons (Fsp3) is 0.611. The average molecular weight is 368 g/mol. The van der Waals surface area contributed by atoms with Gasteiger partial charge in [0.2, 0.25) is 15.9 Å². The van der Waals surface area contributed by atoms with Crippen LogP contribution < -0.4 is 4.74 Å². The summed E-state index contributed by atoms with van der Waals surface area (Å²) in [5.74, 6) is 1.19. The minimum absolute atomic E-state index is 0.0372. The number of hydrogen-bond donors (Lipinski definition) is 0. The maximum atomic E-state index is 12.6. The number of hydrogen-bond acceptors (Lipinski definition) is 4. The molecule has 1 saturated heterocycles. The number of carbonyl (C=O) groups excluding carboxylic acids is 1. The van der Waals surface area contributed by atoms with E-state index < -0.39 is 10.0 Å². The molecule has 1 fully saturated rings. The van der Waals surface area contributed by atoms with Crippen molar-refractivity contribution in [2.45, 2.75) is 32.6 Å². The van der Waals surface area contributed by atoms with E-state index in [0.717, 1.165) is 16.9 Å². The van der Waals surface area contributed by atoms with Crippen molar-refractivity contribution >= 4 is 15.9 Å². The minimum Gasteiger partial charge on any atom is -0.496 e. The van der Waals surface area contributed by atoms with Crippen LogP contribution in [-0.2, 0) is 21.2 Å². The molecule has 7 heteroatoms. The third-order valence-corrected chi connectivity index (χ3v) is 5.85. The molecule has 0 radical (unpaired) electrons. The Hall–Kier alpha value is -1.60. The first-order valence-corrected chi connectivity index (χ1v) is 10.5. The van der Waals surface area contributed by atoms with E-state index in [9.17, 15) is 13.2 Å². The summed E-state index contributed by atoms with van der Waals surface area (Å²) in [6.45, 7) is 6.07. The molecule has 0 aliphatic carbocycles. The number of sulfonamides is 1. The van der Waals surface area contributed by atoms with Gasteiger partial charge in [-0.2, -0.15) is 0 Å². The molecule has 0 aromatic heterocycles. The maximum absolute atomic E-state index is 12.6. The molecule has 1 aliphatic heterocycles. The molecule has 0 saturated carbocycles. The monoisotopic (exact) mass is 368 g/mol. The van der Waals surface area contributed by atoms with Crippen LogP contribution in [0.5, 0.6) is 5.75 Å². The van der Waals surface area contributed by atoms with Crippen molar-refractivity contribution in [2.24, 2.45) is 0 Å². The summed E-state index contributed by atoms with van der Waals surface area (Å²) in [6.07, 6.45) is 2.20. The highest BCUT2D eigenvalue weighted by atomic mass is 32.2. The van der Waals surface area contributed by atoms with Crippen molar-refractivity contribution in [1.29, 1.82) is 0 Å². The Morgan fingerprint density at radius 3 is 2.52 bits per heavy atom. The molecule has 0 atom stereocenters. The summed E-state index contributed by atoms with van der Waals surface area (Å²) in [5, 5.41) is 0. The molecule has 0 bridgehead atoms. The molecule has 1 aliphatic rings. The lowest BCUT2D eigenvalue weighted by atomic mass is 9.98. The van der Waals surface area contributed by atoms with E-state index in [1.54, 1.807) is 12.0 Å². The van der Waals surface area contributed by atoms with Gasteiger partial charge in [0, 0.05) is 26.2 Å². The van der Waals surface area contributed by atoms with Crippen molar-refractivity contribution in [2.75, 3.05) is 39.5 Å². The van der Waals surface area contributed by atoms with E-state index in [1.165, 1.54) is 10.6 Å². The highest BCUT2D eigenvalue weighted by molar-refractivity contribution is 7.88. The van der Waals surface area contributed by atoms with Gasteiger partial charge >= 0.3 is 0 Å². The van der Waals surface area contributed by atoms with Crippen LogP contribution in [0.25, 0.3) is 0 Å². The molecular weight excluding hydrogens is 340 g/mol. The topological polar surface area (TPSA) is 66.9 Å². The number of amides is 1. The van der Waals surface area contributed by atoms with Gasteiger partial charge in [-0.15, -0.1) is 0 Å². The van der Waals surface area contributed by atoms with Gasteiger partial charge in [0.15, 0.2) is 0 Å². The van der Waals surface area contributed by atoms with Crippen LogP contribution in [0, 0.1) is 0 Å². The predicted molar refractivity (Wildman–Crippen MR) is 98.4 cm³/mol. The number of nitrogens with zero attached hydrogens (tertiary/aromatic N) is 2. The Morgan fingerprint density at radius 2 is 1.92 bits per heavy atom. The molecule has 25 heavy (non-hydrogen) atoms. The second-order valence-electron chi connectivity index (χ2n) is 6.80. The summed E-state index contributed by atoms with van der Waals surface area (Å²) in [6, 6.07) is 5.86. The van der Waals surface area contributed by atoms with Gasteiger partial charge in [-0.1, -0.05) is 26.0 Å². The standard InChI is InChI=1S/C18H28N2O4S/c1-14(2)16-12-15(6-7-17(16)24-3)13-18(21)19-8-5-9-20(11-10-19)25(4,22)23/h6-7,12,14H,5,8-11,13H2,1-4H3. The lowest BCUT2D eigenvalue weighted by Crippen LogP contribution is -2.37. The van der Waals surface area contributed by atoms with E-state index in [0.29, 0.717) is 44.9 Å². The fourth-order valence-electron chi connectivity index (χ4n) is 3.11. The molecule has 1 heterocycles. The van der Waals surface area contributed by atoms with E-state index in [-0.39, 0.29) is 5.91 Å². The Kier molecular flexibility index (Phi) is 6.46. The molecule has 1 aromatic carbocycles. The summed E-state index contributed by atoms with van der Waals surface area (Å²) < 4.78 is 30.2. The predicted octanol–water partition coefficient (Wildman–Crippen LogP) is 1.85. The van der Waals surface area contributed by atoms with E-state index >= 15 is 0 Å². The van der Waals surface area contributed by atoms with Crippen molar-refractivity contribution in [3.05, 3.63) is 29.3 Å². The third-order valence-electron chi connectivity index (χ3n) is 4.55. The summed E-state index contributed by atoms with van der Waals surface area (Å²) in [7, 11) is -1.55. The van der Waals surface area contributed by atoms with Crippen LogP contribution in [0.15, 0.2) is 18.2 Å². The van der Waals surface area contributed by atoms with Gasteiger partial charge in [-0.05, 0) is 29.5 Å². The number of benzene rings is 1. The lowest BCUT2D eigenvalue weighted by molar-refractivity contribution is -0.130. The molecule has 2 rings (SSSR count). The minimum atomic E-state index is -3.20.